The van der Waals surface area contributed by atoms with Crippen LogP contribution in [0.2, 0.25) is 0 Å². The average molecular weight is 432 g/mol. The van der Waals surface area contributed by atoms with Crippen molar-refractivity contribution >= 4 is 35.1 Å². The summed E-state index contributed by atoms with van der Waals surface area (Å²) in [6.07, 6.45) is 8.23. The number of H-pyrrole nitrogens is 1. The summed E-state index contributed by atoms with van der Waals surface area (Å²) in [4.78, 5) is 22.4. The molecule has 1 aromatic carbocycles. The van der Waals surface area contributed by atoms with Crippen LogP contribution in [0.15, 0.2) is 58.7 Å². The van der Waals surface area contributed by atoms with Gasteiger partial charge in [-0.2, -0.15) is 5.10 Å². The number of aromatic nitrogens is 5. The Morgan fingerprint density at radius 3 is 2.74 bits per heavy atom. The number of imidazole rings is 1. The van der Waals surface area contributed by atoms with Gasteiger partial charge in [0.05, 0.1) is 0 Å². The van der Waals surface area contributed by atoms with Crippen LogP contribution < -0.4 is 10.6 Å². The van der Waals surface area contributed by atoms with Crippen molar-refractivity contribution in [2.45, 2.75) is 47.6 Å². The van der Waals surface area contributed by atoms with Gasteiger partial charge in [-0.15, -0.1) is 0 Å². The molecule has 9 heteroatoms. The summed E-state index contributed by atoms with van der Waals surface area (Å²) in [5.41, 5.74) is 2.65. The number of anilines is 2. The van der Waals surface area contributed by atoms with Gasteiger partial charge in [-0.05, 0) is 49.9 Å². The third-order valence-corrected chi connectivity index (χ3v) is 6.40. The number of carbonyl (C=O) groups excluding carboxylic acids is 1. The zero-order valence-electron chi connectivity index (χ0n) is 16.7. The van der Waals surface area contributed by atoms with Crippen molar-refractivity contribution in [2.24, 2.45) is 0 Å². The third-order valence-electron chi connectivity index (χ3n) is 5.47. The van der Waals surface area contributed by atoms with E-state index in [9.17, 15) is 4.79 Å². The van der Waals surface area contributed by atoms with Crippen molar-refractivity contribution in [3.63, 3.8) is 0 Å². The minimum atomic E-state index is -0.00737. The number of hydrogen-bond donors (Lipinski definition) is 3. The molecule has 156 valence electrons. The lowest BCUT2D eigenvalue weighted by molar-refractivity contribution is 0.0951. The van der Waals surface area contributed by atoms with Gasteiger partial charge in [-0.1, -0.05) is 11.8 Å². The van der Waals surface area contributed by atoms with Crippen LogP contribution >= 0.6 is 11.8 Å². The molecule has 3 aromatic heterocycles. The van der Waals surface area contributed by atoms with Crippen LogP contribution in [-0.2, 0) is 0 Å². The van der Waals surface area contributed by atoms with E-state index in [2.05, 4.69) is 25.8 Å². The van der Waals surface area contributed by atoms with Crippen LogP contribution in [0.4, 0.5) is 11.8 Å². The number of rotatable bonds is 7. The first kappa shape index (κ1) is 18.4. The Balaban J connectivity index is 1.22. The number of nitrogens with one attached hydrogen (secondary N) is 3. The zero-order chi connectivity index (χ0) is 20.8. The molecular weight excluding hydrogens is 410 g/mol. The number of amides is 1. The molecule has 0 saturated heterocycles. The van der Waals surface area contributed by atoms with Crippen molar-refractivity contribution in [3.05, 3.63) is 60.0 Å². The standard InChI is InChI=1S/C22H21N7OS/c30-21(24-15-5-6-15)14-3-7-16(8-4-14)31-20-12-19-23-9-10-29(19)22(26-20)25-18-11-17(27-28-18)13-1-2-13/h3-4,7-13,15H,1-2,5-6H2,(H,24,30)(H2,25,26,27,28). The first-order valence-electron chi connectivity index (χ1n) is 10.5. The van der Waals surface area contributed by atoms with Crippen molar-refractivity contribution in [2.75, 3.05) is 5.32 Å². The Bertz CT molecular complexity index is 1250. The Kier molecular flexibility index (Phi) is 4.41. The van der Waals surface area contributed by atoms with E-state index in [1.54, 1.807) is 6.20 Å². The Hall–Kier alpha value is -3.33. The van der Waals surface area contributed by atoms with Gasteiger partial charge in [-0.25, -0.2) is 9.97 Å². The highest BCUT2D eigenvalue weighted by Crippen LogP contribution is 2.39. The average Bonchev–Trinajstić information content (AvgIpc) is 3.69. The second kappa shape index (κ2) is 7.42. The maximum absolute atomic E-state index is 12.2. The van der Waals surface area contributed by atoms with E-state index in [1.807, 2.05) is 47.0 Å². The molecule has 2 aliphatic carbocycles. The van der Waals surface area contributed by atoms with Crippen LogP contribution in [0.1, 0.15) is 47.7 Å². The van der Waals surface area contributed by atoms with E-state index in [4.69, 9.17) is 4.98 Å². The molecule has 0 aliphatic heterocycles. The molecular formula is C22H21N7OS. The van der Waals surface area contributed by atoms with Crippen LogP contribution in [-0.4, -0.2) is 36.5 Å². The van der Waals surface area contributed by atoms with Gasteiger partial charge in [0.25, 0.3) is 5.91 Å². The van der Waals surface area contributed by atoms with E-state index in [1.165, 1.54) is 30.3 Å². The number of aromatic amines is 1. The molecule has 6 rings (SSSR count). The molecule has 0 atom stereocenters. The van der Waals surface area contributed by atoms with Gasteiger partial charge in [0, 0.05) is 52.6 Å². The smallest absolute Gasteiger partial charge is 0.251 e. The number of benzene rings is 1. The molecule has 0 bridgehead atoms. The molecule has 31 heavy (non-hydrogen) atoms. The highest BCUT2D eigenvalue weighted by molar-refractivity contribution is 7.99. The van der Waals surface area contributed by atoms with Gasteiger partial charge in [0.1, 0.15) is 10.7 Å². The third kappa shape index (κ3) is 4.00. The highest BCUT2D eigenvalue weighted by Gasteiger charge is 2.26. The predicted octanol–water partition coefficient (Wildman–Crippen LogP) is 4.12. The van der Waals surface area contributed by atoms with Crippen LogP contribution in [0, 0.1) is 0 Å². The van der Waals surface area contributed by atoms with Gasteiger partial charge < -0.3 is 10.6 Å². The first-order chi connectivity index (χ1) is 15.2. The van der Waals surface area contributed by atoms with E-state index < -0.39 is 0 Å². The van der Waals surface area contributed by atoms with Crippen LogP contribution in [0.3, 0.4) is 0 Å². The summed E-state index contributed by atoms with van der Waals surface area (Å²) in [5.74, 6) is 2.01. The van der Waals surface area contributed by atoms with Crippen molar-refractivity contribution in [1.82, 2.24) is 29.9 Å². The Morgan fingerprint density at radius 2 is 1.97 bits per heavy atom. The molecule has 0 radical (unpaired) electrons. The van der Waals surface area contributed by atoms with Gasteiger partial charge in [-0.3, -0.25) is 14.3 Å². The highest BCUT2D eigenvalue weighted by atomic mass is 32.2. The molecule has 8 nitrogen and oxygen atoms in total. The maximum atomic E-state index is 12.2. The largest absolute Gasteiger partial charge is 0.349 e. The molecule has 2 aliphatic rings. The second-order valence-corrected chi connectivity index (χ2v) is 9.15. The second-order valence-electron chi connectivity index (χ2n) is 8.06. The lowest BCUT2D eigenvalue weighted by atomic mass is 10.2. The maximum Gasteiger partial charge on any atom is 0.251 e. The summed E-state index contributed by atoms with van der Waals surface area (Å²) in [6.45, 7) is 0. The van der Waals surface area contributed by atoms with Crippen molar-refractivity contribution < 1.29 is 4.79 Å². The SMILES string of the molecule is O=C(NC1CC1)c1ccc(Sc2cc3nccn3c(Nc3cc(C4CC4)[nH]n3)n2)cc1. The predicted molar refractivity (Wildman–Crippen MR) is 118 cm³/mol. The molecule has 0 unspecified atom stereocenters. The van der Waals surface area contributed by atoms with Crippen molar-refractivity contribution in [1.29, 1.82) is 0 Å². The topological polar surface area (TPSA) is 100 Å². The zero-order valence-corrected chi connectivity index (χ0v) is 17.5. The molecule has 3 N–H and O–H groups in total. The van der Waals surface area contributed by atoms with Gasteiger partial charge in [0.2, 0.25) is 5.95 Å². The molecule has 2 saturated carbocycles. The normalized spacial score (nSPS) is 15.9. The minimum Gasteiger partial charge on any atom is -0.349 e. The fraction of sp³-hybridized carbons (Fsp3) is 0.273. The molecule has 1 amide bonds. The molecule has 4 aromatic rings. The fourth-order valence-corrected chi connectivity index (χ4v) is 4.26. The molecule has 0 spiro atoms. The van der Waals surface area contributed by atoms with Crippen LogP contribution in [0.25, 0.3) is 5.65 Å². The van der Waals surface area contributed by atoms with E-state index in [-0.39, 0.29) is 5.91 Å². The summed E-state index contributed by atoms with van der Waals surface area (Å²) in [5, 5.41) is 14.6. The lowest BCUT2D eigenvalue weighted by Gasteiger charge is -2.09. The quantitative estimate of drug-likeness (QED) is 0.381. The van der Waals surface area contributed by atoms with Gasteiger partial charge >= 0.3 is 0 Å². The monoisotopic (exact) mass is 431 g/mol. The number of carbonyl (C=O) groups is 1. The van der Waals surface area contributed by atoms with E-state index in [0.29, 0.717) is 23.5 Å². The first-order valence-corrected chi connectivity index (χ1v) is 11.3. The Morgan fingerprint density at radius 1 is 1.13 bits per heavy atom. The summed E-state index contributed by atoms with van der Waals surface area (Å²) in [6, 6.07) is 12.0. The van der Waals surface area contributed by atoms with Gasteiger partial charge in [0.15, 0.2) is 5.82 Å². The fourth-order valence-electron chi connectivity index (χ4n) is 3.45. The number of fused-ring (bicyclic) bond motifs is 1. The lowest BCUT2D eigenvalue weighted by Crippen LogP contribution is -2.25. The van der Waals surface area contributed by atoms with Crippen molar-refractivity contribution in [3.8, 4) is 0 Å². The molecule has 2 fully saturated rings. The van der Waals surface area contributed by atoms with E-state index >= 15 is 0 Å². The van der Waals surface area contributed by atoms with Crippen LogP contribution in [0.5, 0.6) is 0 Å². The number of hydrogen-bond acceptors (Lipinski definition) is 6. The summed E-state index contributed by atoms with van der Waals surface area (Å²) >= 11 is 1.53. The Labute approximate surface area is 182 Å². The summed E-state index contributed by atoms with van der Waals surface area (Å²) < 4.78 is 1.90. The summed E-state index contributed by atoms with van der Waals surface area (Å²) in [7, 11) is 0. The minimum absolute atomic E-state index is 0.00737. The molecule has 3 heterocycles. The number of nitrogens with zero attached hydrogens (tertiary/aromatic N) is 4. The van der Waals surface area contributed by atoms with E-state index in [0.717, 1.165) is 34.2 Å².